The molecule has 0 fully saturated rings. The summed E-state index contributed by atoms with van der Waals surface area (Å²) in [5.41, 5.74) is 5.44. The molecular weight excluding hydrogens is 442 g/mol. The summed E-state index contributed by atoms with van der Waals surface area (Å²) in [6, 6.07) is 8.70. The third-order valence-electron chi connectivity index (χ3n) is 2.89. The van der Waals surface area contributed by atoms with Crippen LogP contribution < -0.4 is 10.5 Å². The van der Waals surface area contributed by atoms with Gasteiger partial charge in [-0.25, -0.2) is 22.7 Å². The molecule has 0 unspecified atom stereocenters. The lowest BCUT2D eigenvalue weighted by molar-refractivity contribution is -0.190. The van der Waals surface area contributed by atoms with E-state index in [1.165, 1.54) is 19.9 Å². The molecule has 0 aliphatic heterocycles. The molecule has 0 saturated heterocycles. The predicted molar refractivity (Wildman–Crippen MR) is 105 cm³/mol. The van der Waals surface area contributed by atoms with Crippen molar-refractivity contribution in [1.82, 2.24) is 4.72 Å². The number of carbonyl (C=O) groups excluding carboxylic acids is 4. The van der Waals surface area contributed by atoms with Gasteiger partial charge in [-0.3, -0.25) is 9.59 Å². The predicted octanol–water partition coefficient (Wildman–Crippen LogP) is 0.727. The number of sulfonamides is 1. The summed E-state index contributed by atoms with van der Waals surface area (Å²) >= 11 is 0. The van der Waals surface area contributed by atoms with E-state index in [1.807, 2.05) is 0 Å². The molecule has 0 saturated carbocycles. The van der Waals surface area contributed by atoms with Crippen molar-refractivity contribution >= 4 is 39.9 Å². The molecule has 10 nitrogen and oxygen atoms in total. The average Bonchev–Trinajstić information content (AvgIpc) is 2.67. The van der Waals surface area contributed by atoms with Gasteiger partial charge in [-0.15, -0.1) is 0 Å². The summed E-state index contributed by atoms with van der Waals surface area (Å²) < 4.78 is 57.8. The lowest BCUT2D eigenvalue weighted by Crippen LogP contribution is -2.40. The fourth-order valence-electron chi connectivity index (χ4n) is 1.65. The second-order valence-corrected chi connectivity index (χ2v) is 7.01. The molecule has 0 radical (unpaired) electrons. The zero-order valence-corrected chi connectivity index (χ0v) is 17.5. The van der Waals surface area contributed by atoms with E-state index in [4.69, 9.17) is 5.73 Å². The largest absolute Gasteiger partial charge is 0.461 e. The van der Waals surface area contributed by atoms with Crippen LogP contribution in [0.3, 0.4) is 0 Å². The molecule has 1 aromatic rings. The molecule has 1 rings (SSSR count). The minimum absolute atomic E-state index is 0.214. The number of amides is 2. The number of hydrogen-bond acceptors (Lipinski definition) is 8. The van der Waals surface area contributed by atoms with Crippen molar-refractivity contribution in [2.75, 3.05) is 13.2 Å². The Labute approximate surface area is 177 Å². The summed E-state index contributed by atoms with van der Waals surface area (Å²) in [5, 5.41) is 0.848. The maximum atomic E-state index is 12.6. The van der Waals surface area contributed by atoms with Gasteiger partial charge < -0.3 is 15.2 Å². The number of ether oxygens (including phenoxy) is 2. The van der Waals surface area contributed by atoms with Gasteiger partial charge in [-0.1, -0.05) is 30.3 Å². The molecule has 2 amide bonds. The second-order valence-electron chi connectivity index (χ2n) is 5.44. The van der Waals surface area contributed by atoms with Gasteiger partial charge in [0, 0.05) is 0 Å². The first kappa shape index (κ1) is 27.6. The van der Waals surface area contributed by atoms with Gasteiger partial charge in [-0.2, -0.15) is 8.78 Å². The zero-order chi connectivity index (χ0) is 24.1. The molecular formula is C18H22F2N2O8S. The van der Waals surface area contributed by atoms with Crippen LogP contribution in [0.1, 0.15) is 25.8 Å². The van der Waals surface area contributed by atoms with Gasteiger partial charge in [0.05, 0.1) is 18.6 Å². The Balaban J connectivity index is 0.000000615. The molecule has 0 bridgehead atoms. The van der Waals surface area contributed by atoms with Crippen LogP contribution in [-0.4, -0.2) is 51.3 Å². The van der Waals surface area contributed by atoms with E-state index < -0.39 is 46.1 Å². The van der Waals surface area contributed by atoms with E-state index >= 15 is 0 Å². The Morgan fingerprint density at radius 1 is 1.03 bits per heavy atom. The summed E-state index contributed by atoms with van der Waals surface area (Å²) in [4.78, 5) is 42.5. The fourth-order valence-corrected chi connectivity index (χ4v) is 2.44. The van der Waals surface area contributed by atoms with Crippen molar-refractivity contribution in [3.8, 4) is 0 Å². The Bertz CT molecular complexity index is 882. The Morgan fingerprint density at radius 2 is 1.52 bits per heavy atom. The number of nitrogens with one attached hydrogen (secondary N) is 1. The number of benzene rings is 1. The number of alkyl halides is 2. The molecule has 13 heteroatoms. The van der Waals surface area contributed by atoms with E-state index in [2.05, 4.69) is 9.47 Å². The zero-order valence-electron chi connectivity index (χ0n) is 16.7. The van der Waals surface area contributed by atoms with Gasteiger partial charge in [0.15, 0.2) is 0 Å². The summed E-state index contributed by atoms with van der Waals surface area (Å²) in [6.07, 6.45) is 0.665. The van der Waals surface area contributed by atoms with Crippen molar-refractivity contribution in [2.45, 2.75) is 26.2 Å². The molecule has 0 heterocycles. The highest BCUT2D eigenvalue weighted by Crippen LogP contribution is 2.17. The van der Waals surface area contributed by atoms with Crippen molar-refractivity contribution in [3.63, 3.8) is 0 Å². The van der Waals surface area contributed by atoms with E-state index in [0.29, 0.717) is 5.56 Å². The maximum absolute atomic E-state index is 12.6. The van der Waals surface area contributed by atoms with Crippen molar-refractivity contribution < 1.29 is 45.9 Å². The molecule has 1 aromatic carbocycles. The first-order valence-corrected chi connectivity index (χ1v) is 10.2. The maximum Gasteiger partial charge on any atom is 0.437 e. The van der Waals surface area contributed by atoms with E-state index in [-0.39, 0.29) is 13.2 Å². The average molecular weight is 464 g/mol. The Kier molecular flexibility index (Phi) is 11.6. The van der Waals surface area contributed by atoms with Gasteiger partial charge in [0.1, 0.15) is 6.42 Å². The topological polar surface area (TPSA) is 159 Å². The Hall–Kier alpha value is -3.35. The standard InChI is InChI=1S/C11H12N2O4S.C7H10F2O4/c12-10(14)8-11(15)13-18(16,17)7-6-9-4-2-1-3-5-9;1-3-12-5(10)7(8,9)6(11)13-4-2/h1-7H,8H2,(H2,12,14)(H,13,15);3-4H2,1-2H3/b7-6+;. The van der Waals surface area contributed by atoms with Crippen LogP contribution >= 0.6 is 0 Å². The third kappa shape index (κ3) is 11.4. The number of hydrogen-bond donors (Lipinski definition) is 2. The number of nitrogens with two attached hydrogens (primary N) is 1. The normalized spacial score (nSPS) is 11.1. The van der Waals surface area contributed by atoms with Crippen LogP contribution in [0.25, 0.3) is 6.08 Å². The number of primary amides is 1. The minimum Gasteiger partial charge on any atom is -0.461 e. The van der Waals surface area contributed by atoms with Crippen LogP contribution in [0, 0.1) is 0 Å². The highest BCUT2D eigenvalue weighted by molar-refractivity contribution is 7.93. The van der Waals surface area contributed by atoms with Crippen LogP contribution in [0.15, 0.2) is 35.7 Å². The highest BCUT2D eigenvalue weighted by Gasteiger charge is 2.50. The molecule has 0 aliphatic carbocycles. The van der Waals surface area contributed by atoms with Gasteiger partial charge in [0.2, 0.25) is 11.8 Å². The fraction of sp³-hybridized carbons (Fsp3) is 0.333. The van der Waals surface area contributed by atoms with Crippen LogP contribution in [0.2, 0.25) is 0 Å². The first-order valence-electron chi connectivity index (χ1n) is 8.65. The van der Waals surface area contributed by atoms with Crippen molar-refractivity contribution in [1.29, 1.82) is 0 Å². The quantitative estimate of drug-likeness (QED) is 0.400. The Morgan fingerprint density at radius 3 is 1.94 bits per heavy atom. The molecule has 31 heavy (non-hydrogen) atoms. The van der Waals surface area contributed by atoms with Gasteiger partial charge in [0.25, 0.3) is 10.0 Å². The second kappa shape index (κ2) is 13.1. The summed E-state index contributed by atoms with van der Waals surface area (Å²) in [6.45, 7) is 2.29. The highest BCUT2D eigenvalue weighted by atomic mass is 32.2. The monoisotopic (exact) mass is 464 g/mol. The summed E-state index contributed by atoms with van der Waals surface area (Å²) in [5.74, 6) is -9.82. The van der Waals surface area contributed by atoms with Gasteiger partial charge >= 0.3 is 17.9 Å². The molecule has 0 spiro atoms. The molecule has 0 aromatic heterocycles. The number of rotatable bonds is 9. The van der Waals surface area contributed by atoms with E-state index in [9.17, 15) is 36.4 Å². The SMILES string of the molecule is CCOC(=O)C(F)(F)C(=O)OCC.NC(=O)CC(=O)NS(=O)(=O)/C=C/c1ccccc1. The number of esters is 2. The minimum atomic E-state index is -4.20. The molecule has 0 atom stereocenters. The summed E-state index contributed by atoms with van der Waals surface area (Å²) in [7, 11) is -3.91. The van der Waals surface area contributed by atoms with Gasteiger partial charge in [-0.05, 0) is 25.5 Å². The molecule has 0 aliphatic rings. The van der Waals surface area contributed by atoms with Crippen molar-refractivity contribution in [3.05, 3.63) is 41.3 Å². The van der Waals surface area contributed by atoms with E-state index in [0.717, 1.165) is 5.41 Å². The number of halogens is 2. The lowest BCUT2D eigenvalue weighted by atomic mass is 10.2. The van der Waals surface area contributed by atoms with Crippen LogP contribution in [-0.2, 0) is 38.7 Å². The molecule has 172 valence electrons. The molecule has 3 N–H and O–H groups in total. The first-order chi connectivity index (χ1) is 14.4. The van der Waals surface area contributed by atoms with Crippen LogP contribution in [0.4, 0.5) is 8.78 Å². The third-order valence-corrected chi connectivity index (χ3v) is 3.90. The van der Waals surface area contributed by atoms with Crippen LogP contribution in [0.5, 0.6) is 0 Å². The lowest BCUT2D eigenvalue weighted by Gasteiger charge is -2.12. The number of carbonyl (C=O) groups is 4. The smallest absolute Gasteiger partial charge is 0.437 e. The van der Waals surface area contributed by atoms with E-state index in [1.54, 1.807) is 35.1 Å². The van der Waals surface area contributed by atoms with Crippen molar-refractivity contribution in [2.24, 2.45) is 5.73 Å².